The Morgan fingerprint density at radius 3 is 1.24 bits per heavy atom. The minimum absolute atomic E-state index is 0.0616. The van der Waals surface area contributed by atoms with E-state index < -0.39 is 21.1 Å². The molecule has 196 valence electrons. The van der Waals surface area contributed by atoms with Gasteiger partial charge in [0.25, 0.3) is 0 Å². The molecule has 2 aliphatic rings. The monoisotopic (exact) mass is 574 g/mol. The molecule has 2 nitrogen and oxygen atoms in total. The Bertz CT molecular complexity index is 1200. The van der Waals surface area contributed by atoms with Crippen molar-refractivity contribution in [2.24, 2.45) is 0 Å². The normalized spacial score (nSPS) is 23.7. The number of benzene rings is 2. The second kappa shape index (κ2) is 9.57. The van der Waals surface area contributed by atoms with Crippen LogP contribution in [0.3, 0.4) is 0 Å². The zero-order valence-corrected chi connectivity index (χ0v) is 26.9. The summed E-state index contributed by atoms with van der Waals surface area (Å²) in [5.74, 6) is 1.89. The molecule has 2 atom stereocenters. The predicted molar refractivity (Wildman–Crippen MR) is 154 cm³/mol. The van der Waals surface area contributed by atoms with Crippen LogP contribution in [-0.2, 0) is 32.0 Å². The molecular weight excluding hydrogens is 532 g/mol. The number of rotatable bonds is 6. The average molecular weight is 576 g/mol. The van der Waals surface area contributed by atoms with Gasteiger partial charge < -0.3 is 0 Å². The Kier molecular flexibility index (Phi) is 7.22. The van der Waals surface area contributed by atoms with E-state index >= 15 is 0 Å². The first-order chi connectivity index (χ1) is 17.1. The van der Waals surface area contributed by atoms with E-state index in [0.29, 0.717) is 0 Å². The van der Waals surface area contributed by atoms with Crippen molar-refractivity contribution >= 4 is 0 Å². The molecule has 0 spiro atoms. The van der Waals surface area contributed by atoms with E-state index in [1.807, 2.05) is 0 Å². The summed E-state index contributed by atoms with van der Waals surface area (Å²) in [5, 5.41) is 0. The topological polar surface area (TPSA) is 18.5 Å². The van der Waals surface area contributed by atoms with Crippen LogP contribution in [0.5, 0.6) is 11.5 Å². The third kappa shape index (κ3) is 5.14. The van der Waals surface area contributed by atoms with Gasteiger partial charge in [-0.2, -0.15) is 0 Å². The molecule has 0 aliphatic heterocycles. The Morgan fingerprint density at radius 1 is 0.595 bits per heavy atom. The van der Waals surface area contributed by atoms with Gasteiger partial charge in [0.2, 0.25) is 0 Å². The molecule has 2 aliphatic carbocycles. The molecule has 37 heavy (non-hydrogen) atoms. The maximum absolute atomic E-state index is 7.60. The average Bonchev–Trinajstić information content (AvgIpc) is 3.34. The van der Waals surface area contributed by atoms with Gasteiger partial charge in [0, 0.05) is 0 Å². The zero-order valence-electron chi connectivity index (χ0n) is 24.4. The van der Waals surface area contributed by atoms with Crippen molar-refractivity contribution in [2.45, 2.75) is 86.3 Å². The van der Waals surface area contributed by atoms with Crippen LogP contribution in [-0.4, -0.2) is 0 Å². The van der Waals surface area contributed by atoms with E-state index in [-0.39, 0.29) is 17.1 Å². The number of hydrogen-bond acceptors (Lipinski definition) is 2. The van der Waals surface area contributed by atoms with Gasteiger partial charge in [-0.25, -0.2) is 0 Å². The van der Waals surface area contributed by atoms with Crippen molar-refractivity contribution in [3.05, 3.63) is 107 Å². The van der Waals surface area contributed by atoms with E-state index in [0.717, 1.165) is 11.5 Å². The van der Waals surface area contributed by atoms with E-state index in [1.54, 1.807) is 0 Å². The van der Waals surface area contributed by atoms with Crippen molar-refractivity contribution in [2.75, 3.05) is 0 Å². The molecule has 0 fully saturated rings. The van der Waals surface area contributed by atoms with Gasteiger partial charge in [-0.15, -0.1) is 0 Å². The van der Waals surface area contributed by atoms with Gasteiger partial charge in [0.15, 0.2) is 0 Å². The standard InChI is InChI=1S/2C10H14O.2C7H9.Zr/c2*1-10(2,3)8-6-4-5-7-9(8)11;2*1-6-3-4-7(2)5-6;/h2*4-7,11H,1-3H3;2*3-5H,1-2H3;/q;;;;+2/p-2. The molecule has 2 aromatic carbocycles. The summed E-state index contributed by atoms with van der Waals surface area (Å²) in [5.41, 5.74) is 4.81. The summed E-state index contributed by atoms with van der Waals surface area (Å²) in [4.78, 5) is 0. The van der Waals surface area contributed by atoms with Crippen molar-refractivity contribution in [1.82, 2.24) is 0 Å². The van der Waals surface area contributed by atoms with E-state index in [2.05, 4.69) is 154 Å². The van der Waals surface area contributed by atoms with Gasteiger partial charge in [0.1, 0.15) is 0 Å². The molecule has 0 heterocycles. The molecule has 0 radical (unpaired) electrons. The van der Waals surface area contributed by atoms with Crippen LogP contribution in [0.1, 0.15) is 80.4 Å². The first kappa shape index (κ1) is 27.9. The Labute approximate surface area is 230 Å². The van der Waals surface area contributed by atoms with E-state index in [4.69, 9.17) is 5.63 Å². The minimum atomic E-state index is -4.41. The van der Waals surface area contributed by atoms with Gasteiger partial charge in [-0.05, 0) is 0 Å². The number of allylic oxidation sites excluding steroid dienone is 8. The zero-order chi connectivity index (χ0) is 27.3. The summed E-state index contributed by atoms with van der Waals surface area (Å²) in [6.45, 7) is 22.5. The molecule has 4 rings (SSSR count). The van der Waals surface area contributed by atoms with E-state index in [9.17, 15) is 0 Å². The molecule has 0 amide bonds. The molecule has 0 saturated carbocycles. The van der Waals surface area contributed by atoms with Crippen molar-refractivity contribution in [3.8, 4) is 11.5 Å². The van der Waals surface area contributed by atoms with Crippen LogP contribution < -0.4 is 5.63 Å². The maximum atomic E-state index is 7.60. The number of hydrogen-bond donors (Lipinski definition) is 0. The molecule has 3 heteroatoms. The Balaban J connectivity index is 2.05. The van der Waals surface area contributed by atoms with Crippen LogP contribution in [0.2, 0.25) is 6.25 Å². The van der Waals surface area contributed by atoms with Gasteiger partial charge >= 0.3 is 232 Å². The summed E-state index contributed by atoms with van der Waals surface area (Å²) < 4.78 is 14.5. The quantitative estimate of drug-likeness (QED) is 0.341. The van der Waals surface area contributed by atoms with Gasteiger partial charge in [-0.1, -0.05) is 0 Å². The van der Waals surface area contributed by atoms with Crippen molar-refractivity contribution < 1.29 is 26.8 Å². The molecule has 0 aromatic heterocycles. The van der Waals surface area contributed by atoms with Gasteiger partial charge in [-0.3, -0.25) is 0 Å². The molecular formula is C34H44O2Zr. The predicted octanol–water partition coefficient (Wildman–Crippen LogP) is 10.1. The molecule has 0 saturated heterocycles. The van der Waals surface area contributed by atoms with Crippen LogP contribution in [0.25, 0.3) is 0 Å². The van der Waals surface area contributed by atoms with Crippen LogP contribution in [0, 0.1) is 0 Å². The first-order valence-corrected chi connectivity index (χ1v) is 17.9. The summed E-state index contributed by atoms with van der Waals surface area (Å²) >= 11 is -4.41. The Hall–Kier alpha value is -2.12. The van der Waals surface area contributed by atoms with Crippen LogP contribution in [0.4, 0.5) is 0 Å². The third-order valence-corrected chi connectivity index (χ3v) is 18.8. The first-order valence-electron chi connectivity index (χ1n) is 13.4. The molecule has 2 unspecified atom stereocenters. The molecule has 0 N–H and O–H groups in total. The molecule has 0 bridgehead atoms. The number of para-hydroxylation sites is 2. The SMILES string of the molecule is CC1=C[C](C)([Zr]([O]c2ccccc2C(C)(C)C)([O]c2ccccc2C(C)(C)C)[C]2(C)C=CC(C)=C2)C=C1. The van der Waals surface area contributed by atoms with Crippen molar-refractivity contribution in [1.29, 1.82) is 0 Å². The van der Waals surface area contributed by atoms with Crippen LogP contribution >= 0.6 is 0 Å². The summed E-state index contributed by atoms with van der Waals surface area (Å²) in [7, 11) is 0. The Morgan fingerprint density at radius 2 is 0.946 bits per heavy atom. The molecule has 2 aromatic rings. The van der Waals surface area contributed by atoms with Crippen molar-refractivity contribution in [3.63, 3.8) is 0 Å². The third-order valence-electron chi connectivity index (χ3n) is 7.76. The fraction of sp³-hybridized carbons (Fsp3) is 0.412. The van der Waals surface area contributed by atoms with Crippen LogP contribution in [0.15, 0.2) is 96.1 Å². The van der Waals surface area contributed by atoms with Gasteiger partial charge in [0.05, 0.1) is 0 Å². The fourth-order valence-corrected chi connectivity index (χ4v) is 16.9. The second-order valence-electron chi connectivity index (χ2n) is 13.3. The van der Waals surface area contributed by atoms with E-state index in [1.165, 1.54) is 22.3 Å². The fourth-order valence-electron chi connectivity index (χ4n) is 5.86. The summed E-state index contributed by atoms with van der Waals surface area (Å²) in [6, 6.07) is 17.1. The summed E-state index contributed by atoms with van der Waals surface area (Å²) in [6.07, 6.45) is 14.0. The second-order valence-corrected chi connectivity index (χ2v) is 22.7.